The molecule has 1 unspecified atom stereocenters. The predicted molar refractivity (Wildman–Crippen MR) is 271 cm³/mol. The Morgan fingerprint density at radius 1 is 0.708 bits per heavy atom. The molecule has 2 N–H and O–H groups in total. The van der Waals surface area contributed by atoms with Gasteiger partial charge in [-0.25, -0.2) is 9.37 Å². The van der Waals surface area contributed by atoms with Crippen molar-refractivity contribution in [1.82, 2.24) is 15.2 Å². The van der Waals surface area contributed by atoms with E-state index < -0.39 is 46.2 Å². The van der Waals surface area contributed by atoms with E-state index in [1.165, 1.54) is 41.3 Å². The van der Waals surface area contributed by atoms with E-state index in [2.05, 4.69) is 47.0 Å². The monoisotopic (exact) mass is 999 g/mol. The number of aromatic nitrogens is 1. The zero-order valence-corrected chi connectivity index (χ0v) is 42.4. The third kappa shape index (κ3) is 9.71. The fourth-order valence-corrected chi connectivity index (χ4v) is 11.2. The third-order valence-corrected chi connectivity index (χ3v) is 14.5. The van der Waals surface area contributed by atoms with E-state index in [1.807, 2.05) is 146 Å². The number of fused-ring (bicyclic) bond motifs is 1. The molecule has 0 saturated carbocycles. The van der Waals surface area contributed by atoms with Gasteiger partial charge in [0.05, 0.1) is 11.7 Å². The fraction of sp³-hybridized carbons (Fsp3) is 0.105. The molecule has 2 atom stereocenters. The third-order valence-electron chi connectivity index (χ3n) is 12.4. The second-order valence-electron chi connectivity index (χ2n) is 16.7. The van der Waals surface area contributed by atoms with E-state index in [4.69, 9.17) is 19.7 Å². The van der Waals surface area contributed by atoms with Crippen molar-refractivity contribution < 1.29 is 63.0 Å². The molecule has 1 saturated heterocycles. The Labute approximate surface area is 445 Å². The summed E-state index contributed by atoms with van der Waals surface area (Å²) in [5, 5.41) is 25.4. The summed E-state index contributed by atoms with van der Waals surface area (Å²) in [5.74, 6) is -3.24. The Balaban J connectivity index is 0.00000640. The first kappa shape index (κ1) is 49.6. The van der Waals surface area contributed by atoms with Gasteiger partial charge < -0.3 is 30.1 Å². The molecule has 15 heteroatoms. The van der Waals surface area contributed by atoms with Gasteiger partial charge in [0.25, 0.3) is 11.8 Å². The molecule has 8 aromatic rings. The summed E-state index contributed by atoms with van der Waals surface area (Å²) < 4.78 is 19.6. The molecule has 1 aromatic heterocycles. The average Bonchev–Trinajstić information content (AvgIpc) is 3.89. The minimum absolute atomic E-state index is 0. The molecule has 10 rings (SSSR count). The van der Waals surface area contributed by atoms with Crippen LogP contribution in [0.25, 0.3) is 0 Å². The van der Waals surface area contributed by atoms with Crippen molar-refractivity contribution in [3.63, 3.8) is 0 Å². The quantitative estimate of drug-likeness (QED) is 0.0376. The van der Waals surface area contributed by atoms with Crippen LogP contribution in [0.2, 0.25) is 0 Å². The van der Waals surface area contributed by atoms with Crippen molar-refractivity contribution in [3.8, 4) is 5.75 Å². The predicted octanol–water partition coefficient (Wildman–Crippen LogP) is 5.89. The number of nitrogens with one attached hydrogen (secondary N) is 2. The molecule has 7 aromatic carbocycles. The molecule has 1 fully saturated rings. The summed E-state index contributed by atoms with van der Waals surface area (Å²) in [6, 6.07) is 63.1. The van der Waals surface area contributed by atoms with E-state index in [9.17, 15) is 19.1 Å². The summed E-state index contributed by atoms with van der Waals surface area (Å²) in [5.41, 5.74) is 2.46. The van der Waals surface area contributed by atoms with Crippen LogP contribution < -0.4 is 50.0 Å². The van der Waals surface area contributed by atoms with Crippen molar-refractivity contribution >= 4 is 51.7 Å². The van der Waals surface area contributed by atoms with Crippen LogP contribution in [0.5, 0.6) is 5.75 Å². The molecular formula is C57H43FN5NaO6S2. The van der Waals surface area contributed by atoms with E-state index in [0.717, 1.165) is 38.3 Å². The van der Waals surface area contributed by atoms with Crippen LogP contribution in [0.3, 0.4) is 0 Å². The van der Waals surface area contributed by atoms with Crippen LogP contribution in [0, 0.1) is 5.82 Å². The van der Waals surface area contributed by atoms with Crippen LogP contribution in [0.4, 0.5) is 9.52 Å². The van der Waals surface area contributed by atoms with Gasteiger partial charge in [-0.3, -0.25) is 14.5 Å². The van der Waals surface area contributed by atoms with Gasteiger partial charge in [-0.2, -0.15) is 0 Å². The first-order valence-electron chi connectivity index (χ1n) is 22.7. The maximum atomic E-state index is 15.1. The van der Waals surface area contributed by atoms with E-state index in [-0.39, 0.29) is 70.3 Å². The Kier molecular flexibility index (Phi) is 15.2. The van der Waals surface area contributed by atoms with Crippen molar-refractivity contribution in [3.05, 3.63) is 268 Å². The van der Waals surface area contributed by atoms with Crippen molar-refractivity contribution in [1.29, 1.82) is 0 Å². The van der Waals surface area contributed by atoms with Crippen molar-refractivity contribution in [2.75, 3.05) is 17.7 Å². The summed E-state index contributed by atoms with van der Waals surface area (Å²) in [6.45, 7) is -0.228. The number of ether oxygens (including phenoxy) is 1. The van der Waals surface area contributed by atoms with Gasteiger partial charge in [0.2, 0.25) is 5.60 Å². The molecule has 3 heterocycles. The second-order valence-corrected chi connectivity index (χ2v) is 18.6. The molecular weight excluding hydrogens is 957 g/mol. The largest absolute Gasteiger partial charge is 1.00 e. The number of hydrogen-bond donors (Lipinski definition) is 2. The van der Waals surface area contributed by atoms with E-state index >= 15 is 4.79 Å². The van der Waals surface area contributed by atoms with Gasteiger partial charge in [-0.1, -0.05) is 193 Å². The van der Waals surface area contributed by atoms with Gasteiger partial charge in [0, 0.05) is 39.5 Å². The number of amides is 2. The zero-order valence-electron chi connectivity index (χ0n) is 38.8. The number of carbonyl (C=O) groups excluding carboxylic acids is 3. The normalized spacial score (nSPS) is 15.6. The van der Waals surface area contributed by atoms with Gasteiger partial charge in [0.1, 0.15) is 40.8 Å². The average molecular weight is 1000 g/mol. The van der Waals surface area contributed by atoms with E-state index in [1.54, 1.807) is 11.4 Å². The number of carboxylic acid groups (broad SMARTS) is 1. The number of oxime groups is 1. The first-order valence-corrected chi connectivity index (χ1v) is 24.6. The smallest absolute Gasteiger partial charge is 0.543 e. The van der Waals surface area contributed by atoms with Crippen LogP contribution in [0.15, 0.2) is 228 Å². The number of thiazole rings is 1. The maximum Gasteiger partial charge on any atom is 1.00 e. The molecule has 352 valence electrons. The molecule has 2 amide bonds. The number of β-lactam (4-membered cyclic amide) rings is 1. The Hall–Kier alpha value is -7.33. The van der Waals surface area contributed by atoms with Gasteiger partial charge >= 0.3 is 29.6 Å². The summed E-state index contributed by atoms with van der Waals surface area (Å²) >= 11 is 2.51. The van der Waals surface area contributed by atoms with Crippen LogP contribution in [-0.4, -0.2) is 57.2 Å². The van der Waals surface area contributed by atoms with Crippen molar-refractivity contribution in [2.45, 2.75) is 22.6 Å². The first-order chi connectivity index (χ1) is 34.8. The number of hydrogen-bond acceptors (Lipinski definition) is 11. The molecule has 0 radical (unpaired) electrons. The number of anilines is 1. The zero-order chi connectivity index (χ0) is 48.8. The van der Waals surface area contributed by atoms with Crippen molar-refractivity contribution in [2.24, 2.45) is 5.16 Å². The number of aliphatic carboxylic acids is 1. The van der Waals surface area contributed by atoms with Crippen LogP contribution >= 0.6 is 23.1 Å². The topological polar surface area (TPSA) is 145 Å². The Morgan fingerprint density at radius 3 is 1.67 bits per heavy atom. The SMILES string of the molecule is O=C([O-])C1=C(COc2cccc(F)c2)CS[C@@H]2C(NC(=O)/C(=N/OC(c3ccccc3)(c3ccccc3)c3ccccc3)c3csc(NC(c4ccccc4)(c4ccccc4)c4ccccc4)n3)C(=O)N12.[Na+]. The summed E-state index contributed by atoms with van der Waals surface area (Å²) in [7, 11) is 0. The standard InChI is InChI=1S/C57H44FN5O6S2.Na/c58-45-32-19-33-46(34-45)68-35-38-36-70-53-49(52(65)63(53)50(38)54(66)67)60-51(64)48(62-69-57(42-26-13-4-14-27-42,43-28-15-5-16-29-43)44-30-17-6-18-31-44)47-37-71-55(59-47)61-56(39-20-7-1-8-21-39,40-22-9-2-10-23-40)41-24-11-3-12-25-41;/h1-34,37,49,53H,35-36H2,(H,59,61)(H,60,64)(H,66,67);/q;+1/p-1/b62-48+;/t49?,53-;/m1./s1. The Bertz CT molecular complexity index is 3050. The van der Waals surface area contributed by atoms with Crippen LogP contribution in [-0.2, 0) is 30.4 Å². The van der Waals surface area contributed by atoms with Gasteiger partial charge in [0.15, 0.2) is 10.8 Å². The number of halogens is 1. The summed E-state index contributed by atoms with van der Waals surface area (Å²) in [6.07, 6.45) is 0. The number of thioether (sulfide) groups is 1. The molecule has 2 aliphatic rings. The minimum Gasteiger partial charge on any atom is -0.543 e. The molecule has 11 nitrogen and oxygen atoms in total. The molecule has 0 bridgehead atoms. The molecule has 72 heavy (non-hydrogen) atoms. The number of nitrogens with zero attached hydrogens (tertiary/aromatic N) is 3. The Morgan fingerprint density at radius 2 is 1.19 bits per heavy atom. The second kappa shape index (κ2) is 22.0. The number of benzene rings is 7. The number of rotatable bonds is 17. The molecule has 0 aliphatic carbocycles. The van der Waals surface area contributed by atoms with Gasteiger partial charge in [-0.15, -0.1) is 23.1 Å². The maximum absolute atomic E-state index is 15.1. The van der Waals surface area contributed by atoms with Crippen LogP contribution in [0.1, 0.15) is 39.1 Å². The van der Waals surface area contributed by atoms with E-state index in [0.29, 0.717) is 5.13 Å². The summed E-state index contributed by atoms with van der Waals surface area (Å²) in [4.78, 5) is 54.9. The minimum atomic E-state index is -1.58. The molecule has 0 spiro atoms. The van der Waals surface area contributed by atoms with Gasteiger partial charge in [-0.05, 0) is 28.8 Å². The number of carboxylic acids is 1. The fourth-order valence-electron chi connectivity index (χ4n) is 9.10. The number of carbonyl (C=O) groups is 3. The molecule has 2 aliphatic heterocycles.